The molecule has 0 radical (unpaired) electrons. The largest absolute Gasteiger partial charge is 0.388 e. The number of aliphatic hydroxyl groups excluding tert-OH is 1. The molecule has 3 aromatic rings. The number of H-pyrrole nitrogens is 1. The number of hydrogen-bond acceptors (Lipinski definition) is 4. The molecule has 0 aliphatic carbocycles. The van der Waals surface area contributed by atoms with Crippen molar-refractivity contribution in [3.8, 4) is 0 Å². The molecule has 2 heterocycles. The summed E-state index contributed by atoms with van der Waals surface area (Å²) in [5.74, 6) is -0.138. The van der Waals surface area contributed by atoms with Gasteiger partial charge in [0.25, 0.3) is 5.56 Å². The van der Waals surface area contributed by atoms with E-state index >= 15 is 0 Å². The number of rotatable bonds is 5. The summed E-state index contributed by atoms with van der Waals surface area (Å²) in [6.07, 6.45) is 1.14. The van der Waals surface area contributed by atoms with Gasteiger partial charge in [-0.25, -0.2) is 4.39 Å². The minimum Gasteiger partial charge on any atom is -0.388 e. The smallest absolute Gasteiger partial charge is 0.262 e. The van der Waals surface area contributed by atoms with E-state index < -0.39 is 6.10 Å². The number of nitrogens with one attached hydrogen (secondary N) is 1. The molecule has 1 aliphatic heterocycles. The topological polar surface area (TPSA) is 61.3 Å². The number of para-hydroxylation sites is 1. The molecule has 0 spiro atoms. The normalized spacial score (nSPS) is 16.9. The van der Waals surface area contributed by atoms with Crippen molar-refractivity contribution in [1.29, 1.82) is 0 Å². The average Bonchev–Trinajstić information content (AvgIpc) is 2.74. The Morgan fingerprint density at radius 1 is 1.10 bits per heavy atom. The molecule has 1 aromatic heterocycles. The standard InChI is InChI=1S/C22H24FN3O2S/c23-17-7-5-15(6-8-17)20(27)16-9-11-25(12-10-16)13-14-26-21(28)18-3-1-2-4-19(18)24-22(26)29/h1-8,16,20,27H,9-14H2,(H,24,29). The molecular formula is C22H24FN3O2S. The fourth-order valence-corrected chi connectivity index (χ4v) is 4.35. The number of fused-ring (bicyclic) bond motifs is 1. The molecule has 2 N–H and O–H groups in total. The summed E-state index contributed by atoms with van der Waals surface area (Å²) < 4.78 is 15.2. The molecule has 1 atom stereocenters. The Morgan fingerprint density at radius 2 is 1.79 bits per heavy atom. The highest BCUT2D eigenvalue weighted by atomic mass is 32.1. The number of aromatic amines is 1. The van der Waals surface area contributed by atoms with E-state index in [0.717, 1.165) is 43.6 Å². The van der Waals surface area contributed by atoms with Crippen LogP contribution >= 0.6 is 12.2 Å². The van der Waals surface area contributed by atoms with Gasteiger partial charge in [0.1, 0.15) is 5.82 Å². The second-order valence-electron chi connectivity index (χ2n) is 7.61. The second-order valence-corrected chi connectivity index (χ2v) is 7.99. The predicted octanol–water partition coefficient (Wildman–Crippen LogP) is 3.64. The van der Waals surface area contributed by atoms with Gasteiger partial charge in [-0.05, 0) is 73.9 Å². The van der Waals surface area contributed by atoms with E-state index in [-0.39, 0.29) is 17.3 Å². The average molecular weight is 414 g/mol. The molecule has 1 unspecified atom stereocenters. The first-order valence-corrected chi connectivity index (χ1v) is 10.3. The summed E-state index contributed by atoms with van der Waals surface area (Å²) in [5.41, 5.74) is 1.46. The molecule has 5 nitrogen and oxygen atoms in total. The van der Waals surface area contributed by atoms with Crippen LogP contribution in [0.1, 0.15) is 24.5 Å². The number of halogens is 1. The Labute approximate surface area is 173 Å². The van der Waals surface area contributed by atoms with Gasteiger partial charge in [-0.15, -0.1) is 0 Å². The molecule has 0 saturated carbocycles. The van der Waals surface area contributed by atoms with Crippen LogP contribution in [0, 0.1) is 16.5 Å². The molecule has 2 aromatic carbocycles. The number of hydrogen-bond donors (Lipinski definition) is 2. The number of aromatic nitrogens is 2. The van der Waals surface area contributed by atoms with Gasteiger partial charge >= 0.3 is 0 Å². The zero-order valence-electron chi connectivity index (χ0n) is 16.1. The van der Waals surface area contributed by atoms with E-state index in [1.165, 1.54) is 12.1 Å². The summed E-state index contributed by atoms with van der Waals surface area (Å²) in [4.78, 5) is 18.2. The molecule has 4 rings (SSSR count). The van der Waals surface area contributed by atoms with Crippen molar-refractivity contribution < 1.29 is 9.50 Å². The van der Waals surface area contributed by atoms with E-state index in [2.05, 4.69) is 9.88 Å². The zero-order chi connectivity index (χ0) is 20.4. The second kappa shape index (κ2) is 8.57. The van der Waals surface area contributed by atoms with Gasteiger partial charge in [-0.1, -0.05) is 24.3 Å². The Morgan fingerprint density at radius 3 is 2.52 bits per heavy atom. The van der Waals surface area contributed by atoms with Crippen molar-refractivity contribution in [1.82, 2.24) is 14.5 Å². The molecular weight excluding hydrogens is 389 g/mol. The molecule has 0 bridgehead atoms. The molecule has 7 heteroatoms. The quantitative estimate of drug-likeness (QED) is 0.627. The summed E-state index contributed by atoms with van der Waals surface area (Å²) in [5, 5.41) is 11.2. The highest BCUT2D eigenvalue weighted by Gasteiger charge is 2.26. The van der Waals surface area contributed by atoms with Crippen LogP contribution < -0.4 is 5.56 Å². The van der Waals surface area contributed by atoms with Gasteiger partial charge < -0.3 is 15.0 Å². The third kappa shape index (κ3) is 4.32. The third-order valence-corrected chi connectivity index (χ3v) is 6.14. The van der Waals surface area contributed by atoms with Crippen molar-refractivity contribution in [3.63, 3.8) is 0 Å². The lowest BCUT2D eigenvalue weighted by atomic mass is 9.87. The van der Waals surface area contributed by atoms with Crippen LogP contribution in [0.15, 0.2) is 53.3 Å². The van der Waals surface area contributed by atoms with Gasteiger partial charge in [0.15, 0.2) is 4.77 Å². The van der Waals surface area contributed by atoms with E-state index in [1.807, 2.05) is 24.3 Å². The van der Waals surface area contributed by atoms with Crippen LogP contribution in [-0.4, -0.2) is 39.2 Å². The van der Waals surface area contributed by atoms with Gasteiger partial charge in [-0.2, -0.15) is 0 Å². The Balaban J connectivity index is 1.37. The van der Waals surface area contributed by atoms with Crippen molar-refractivity contribution in [3.05, 3.63) is 75.0 Å². The van der Waals surface area contributed by atoms with Gasteiger partial charge in [-0.3, -0.25) is 9.36 Å². The molecule has 1 fully saturated rings. The highest BCUT2D eigenvalue weighted by Crippen LogP contribution is 2.30. The Hall–Kier alpha value is -2.35. The SMILES string of the molecule is O=c1c2ccccc2[nH]c(=S)n1CCN1CCC(C(O)c2ccc(F)cc2)CC1. The maximum atomic E-state index is 13.1. The number of benzene rings is 2. The van der Waals surface area contributed by atoms with Crippen LogP contribution in [0.3, 0.4) is 0 Å². The lowest BCUT2D eigenvalue weighted by Crippen LogP contribution is -2.38. The first-order chi connectivity index (χ1) is 14.0. The van der Waals surface area contributed by atoms with Crippen LogP contribution in [0.2, 0.25) is 0 Å². The van der Waals surface area contributed by atoms with Crippen LogP contribution in [0.4, 0.5) is 4.39 Å². The van der Waals surface area contributed by atoms with E-state index in [1.54, 1.807) is 16.7 Å². The van der Waals surface area contributed by atoms with E-state index in [9.17, 15) is 14.3 Å². The lowest BCUT2D eigenvalue weighted by molar-refractivity contribution is 0.0578. The van der Waals surface area contributed by atoms with Crippen molar-refractivity contribution >= 4 is 23.1 Å². The molecule has 1 aliphatic rings. The number of likely N-dealkylation sites (tertiary alicyclic amines) is 1. The molecule has 1 saturated heterocycles. The monoisotopic (exact) mass is 413 g/mol. The summed E-state index contributed by atoms with van der Waals surface area (Å²) in [7, 11) is 0. The molecule has 0 amide bonds. The van der Waals surface area contributed by atoms with Crippen LogP contribution in [0.5, 0.6) is 0 Å². The Bertz CT molecular complexity index is 1100. The van der Waals surface area contributed by atoms with Crippen LogP contribution in [-0.2, 0) is 6.54 Å². The van der Waals surface area contributed by atoms with Gasteiger partial charge in [0, 0.05) is 13.1 Å². The molecule has 29 heavy (non-hydrogen) atoms. The van der Waals surface area contributed by atoms with Gasteiger partial charge in [0.05, 0.1) is 17.0 Å². The Kier molecular flexibility index (Phi) is 5.89. The van der Waals surface area contributed by atoms with E-state index in [0.29, 0.717) is 16.7 Å². The zero-order valence-corrected chi connectivity index (χ0v) is 16.9. The van der Waals surface area contributed by atoms with Gasteiger partial charge in [0.2, 0.25) is 0 Å². The van der Waals surface area contributed by atoms with E-state index in [4.69, 9.17) is 12.2 Å². The summed E-state index contributed by atoms with van der Waals surface area (Å²) in [6.45, 7) is 2.96. The number of piperidine rings is 1. The van der Waals surface area contributed by atoms with Crippen molar-refractivity contribution in [2.75, 3.05) is 19.6 Å². The van der Waals surface area contributed by atoms with Crippen molar-refractivity contribution in [2.24, 2.45) is 5.92 Å². The maximum Gasteiger partial charge on any atom is 0.262 e. The third-order valence-electron chi connectivity index (χ3n) is 5.82. The molecule has 152 valence electrons. The number of aliphatic hydroxyl groups is 1. The number of nitrogens with zero attached hydrogens (tertiary/aromatic N) is 2. The minimum atomic E-state index is -0.574. The predicted molar refractivity (Wildman–Crippen MR) is 114 cm³/mol. The minimum absolute atomic E-state index is 0.0639. The summed E-state index contributed by atoms with van der Waals surface area (Å²) >= 11 is 5.38. The first-order valence-electron chi connectivity index (χ1n) is 9.90. The fraction of sp³-hybridized carbons (Fsp3) is 0.364. The highest BCUT2D eigenvalue weighted by molar-refractivity contribution is 7.71. The maximum absolute atomic E-state index is 13.1. The lowest BCUT2D eigenvalue weighted by Gasteiger charge is -2.34. The fourth-order valence-electron chi connectivity index (χ4n) is 4.07. The van der Waals surface area contributed by atoms with Crippen molar-refractivity contribution in [2.45, 2.75) is 25.5 Å². The first kappa shape index (κ1) is 19.9. The summed E-state index contributed by atoms with van der Waals surface area (Å²) in [6, 6.07) is 13.5. The van der Waals surface area contributed by atoms with Crippen LogP contribution in [0.25, 0.3) is 10.9 Å².